The van der Waals surface area contributed by atoms with Crippen molar-refractivity contribution in [3.63, 3.8) is 0 Å². The van der Waals surface area contributed by atoms with Crippen molar-refractivity contribution in [3.8, 4) is 5.75 Å². The molecule has 0 aliphatic heterocycles. The molecule has 1 aliphatic rings. The van der Waals surface area contributed by atoms with Crippen LogP contribution in [-0.4, -0.2) is 37.3 Å². The van der Waals surface area contributed by atoms with Gasteiger partial charge in [0.1, 0.15) is 12.3 Å². The first-order valence-electron chi connectivity index (χ1n) is 11.0. The fourth-order valence-electron chi connectivity index (χ4n) is 3.77. The molecule has 0 spiro atoms. The highest BCUT2D eigenvalue weighted by Crippen LogP contribution is 2.21. The lowest BCUT2D eigenvalue weighted by Crippen LogP contribution is -2.44. The van der Waals surface area contributed by atoms with Crippen molar-refractivity contribution in [2.75, 3.05) is 18.6 Å². The Morgan fingerprint density at radius 1 is 0.969 bits per heavy atom. The zero-order valence-corrected chi connectivity index (χ0v) is 18.7. The second-order valence-corrected chi connectivity index (χ2v) is 8.09. The average molecular weight is 435 g/mol. The van der Waals surface area contributed by atoms with E-state index >= 15 is 0 Å². The topological polar surface area (TPSA) is 75.7 Å². The molecule has 1 aliphatic carbocycles. The lowest BCUT2D eigenvalue weighted by molar-refractivity contribution is -0.123. The molecule has 0 heterocycles. The molecule has 0 atom stereocenters. The molecule has 2 aromatic carbocycles. The summed E-state index contributed by atoms with van der Waals surface area (Å²) in [5, 5.41) is 3.04. The van der Waals surface area contributed by atoms with Crippen LogP contribution in [0.15, 0.2) is 60.7 Å². The Bertz CT molecular complexity index is 958. The van der Waals surface area contributed by atoms with Gasteiger partial charge in [-0.1, -0.05) is 49.1 Å². The molecule has 1 saturated carbocycles. The Hall–Kier alpha value is -3.41. The van der Waals surface area contributed by atoms with Gasteiger partial charge in [0.25, 0.3) is 5.91 Å². The standard InChI is InChI=1S/C26H30N2O4/c1-19-8-10-20(11-9-19)24(29)16-17-26(31)28(22-12-14-23(32-2)15-13-22)18-25(30)27-21-6-4-3-5-7-21/h8-17,21H,3-7,18H2,1-2H3,(H,27,30)/b17-16+. The van der Waals surface area contributed by atoms with Crippen LogP contribution in [0.1, 0.15) is 48.0 Å². The number of benzene rings is 2. The molecule has 32 heavy (non-hydrogen) atoms. The Morgan fingerprint density at radius 3 is 2.25 bits per heavy atom. The lowest BCUT2D eigenvalue weighted by Gasteiger charge is -2.26. The van der Waals surface area contributed by atoms with Crippen LogP contribution in [0.5, 0.6) is 5.75 Å². The molecule has 168 valence electrons. The molecule has 0 radical (unpaired) electrons. The van der Waals surface area contributed by atoms with Gasteiger partial charge < -0.3 is 10.1 Å². The highest BCUT2D eigenvalue weighted by Gasteiger charge is 2.21. The molecule has 1 fully saturated rings. The van der Waals surface area contributed by atoms with E-state index in [1.54, 1.807) is 43.5 Å². The normalized spacial score (nSPS) is 14.2. The molecule has 2 aromatic rings. The fraction of sp³-hybridized carbons (Fsp3) is 0.346. The van der Waals surface area contributed by atoms with Crippen LogP contribution < -0.4 is 15.0 Å². The predicted octanol–water partition coefficient (Wildman–Crippen LogP) is 4.22. The molecule has 2 amide bonds. The second-order valence-electron chi connectivity index (χ2n) is 8.09. The summed E-state index contributed by atoms with van der Waals surface area (Å²) in [4.78, 5) is 39.5. The van der Waals surface area contributed by atoms with Gasteiger partial charge in [0.2, 0.25) is 5.91 Å². The average Bonchev–Trinajstić information content (AvgIpc) is 2.82. The second kappa shape index (κ2) is 11.3. The van der Waals surface area contributed by atoms with E-state index in [1.165, 1.54) is 23.5 Å². The first kappa shape index (κ1) is 23.3. The summed E-state index contributed by atoms with van der Waals surface area (Å²) in [6, 6.07) is 14.2. The molecule has 0 bridgehead atoms. The lowest BCUT2D eigenvalue weighted by atomic mass is 9.95. The minimum absolute atomic E-state index is 0.120. The van der Waals surface area contributed by atoms with Gasteiger partial charge in [-0.15, -0.1) is 0 Å². The van der Waals surface area contributed by atoms with Crippen molar-refractivity contribution in [1.29, 1.82) is 0 Å². The zero-order chi connectivity index (χ0) is 22.9. The Kier molecular flexibility index (Phi) is 8.20. The number of ketones is 1. The predicted molar refractivity (Wildman–Crippen MR) is 125 cm³/mol. The number of aryl methyl sites for hydroxylation is 1. The molecular formula is C26H30N2O4. The maximum Gasteiger partial charge on any atom is 0.251 e. The summed E-state index contributed by atoms with van der Waals surface area (Å²) in [5.74, 6) is -0.258. The summed E-state index contributed by atoms with van der Waals surface area (Å²) in [7, 11) is 1.56. The minimum atomic E-state index is -0.436. The van der Waals surface area contributed by atoms with Crippen molar-refractivity contribution in [2.24, 2.45) is 0 Å². The van der Waals surface area contributed by atoms with Crippen LogP contribution in [0.3, 0.4) is 0 Å². The van der Waals surface area contributed by atoms with Gasteiger partial charge in [-0.25, -0.2) is 0 Å². The summed E-state index contributed by atoms with van der Waals surface area (Å²) >= 11 is 0. The number of hydrogen-bond acceptors (Lipinski definition) is 4. The van der Waals surface area contributed by atoms with Gasteiger partial charge in [0.15, 0.2) is 5.78 Å². The molecule has 0 saturated heterocycles. The van der Waals surface area contributed by atoms with Crippen molar-refractivity contribution >= 4 is 23.3 Å². The maximum absolute atomic E-state index is 13.0. The number of methoxy groups -OCH3 is 1. The van der Waals surface area contributed by atoms with Gasteiger partial charge in [-0.2, -0.15) is 0 Å². The smallest absolute Gasteiger partial charge is 0.251 e. The summed E-state index contributed by atoms with van der Waals surface area (Å²) in [6.07, 6.45) is 7.82. The number of carbonyl (C=O) groups excluding carboxylic acids is 3. The van der Waals surface area contributed by atoms with E-state index in [9.17, 15) is 14.4 Å². The number of allylic oxidation sites excluding steroid dienone is 1. The molecule has 6 nitrogen and oxygen atoms in total. The summed E-state index contributed by atoms with van der Waals surface area (Å²) < 4.78 is 5.19. The van der Waals surface area contributed by atoms with E-state index in [0.717, 1.165) is 31.2 Å². The van der Waals surface area contributed by atoms with Crippen LogP contribution in [-0.2, 0) is 9.59 Å². The van der Waals surface area contributed by atoms with Crippen molar-refractivity contribution in [3.05, 3.63) is 71.8 Å². The van der Waals surface area contributed by atoms with Crippen LogP contribution in [0, 0.1) is 6.92 Å². The van der Waals surface area contributed by atoms with E-state index in [-0.39, 0.29) is 24.3 Å². The van der Waals surface area contributed by atoms with E-state index in [0.29, 0.717) is 17.0 Å². The van der Waals surface area contributed by atoms with Gasteiger partial charge in [-0.3, -0.25) is 19.3 Å². The third-order valence-electron chi connectivity index (χ3n) is 5.64. The minimum Gasteiger partial charge on any atom is -0.497 e. The monoisotopic (exact) mass is 434 g/mol. The molecule has 1 N–H and O–H groups in total. The molecular weight excluding hydrogens is 404 g/mol. The number of ether oxygens (including phenoxy) is 1. The SMILES string of the molecule is COc1ccc(N(CC(=O)NC2CCCCC2)C(=O)/C=C/C(=O)c2ccc(C)cc2)cc1. The van der Waals surface area contributed by atoms with Gasteiger partial charge in [-0.05, 0) is 50.1 Å². The van der Waals surface area contributed by atoms with Crippen LogP contribution in [0.2, 0.25) is 0 Å². The Labute approximate surface area is 189 Å². The van der Waals surface area contributed by atoms with Gasteiger partial charge in [0, 0.05) is 23.4 Å². The maximum atomic E-state index is 13.0. The molecule has 3 rings (SSSR count). The van der Waals surface area contributed by atoms with Gasteiger partial charge in [0.05, 0.1) is 7.11 Å². The van der Waals surface area contributed by atoms with Crippen LogP contribution >= 0.6 is 0 Å². The Morgan fingerprint density at radius 2 is 1.62 bits per heavy atom. The van der Waals surface area contributed by atoms with Crippen LogP contribution in [0.4, 0.5) is 5.69 Å². The van der Waals surface area contributed by atoms with Crippen molar-refractivity contribution in [1.82, 2.24) is 5.32 Å². The summed E-state index contributed by atoms with van der Waals surface area (Å²) in [5.41, 5.74) is 2.11. The third-order valence-corrected chi connectivity index (χ3v) is 5.64. The van der Waals surface area contributed by atoms with Crippen LogP contribution in [0.25, 0.3) is 0 Å². The number of nitrogens with zero attached hydrogens (tertiary/aromatic N) is 1. The molecule has 0 unspecified atom stereocenters. The van der Waals surface area contributed by atoms with Crippen molar-refractivity contribution < 1.29 is 19.1 Å². The number of amides is 2. The highest BCUT2D eigenvalue weighted by atomic mass is 16.5. The molecule has 0 aromatic heterocycles. The van der Waals surface area contributed by atoms with E-state index < -0.39 is 5.91 Å². The fourth-order valence-corrected chi connectivity index (χ4v) is 3.77. The number of nitrogens with one attached hydrogen (secondary N) is 1. The third kappa shape index (κ3) is 6.54. The number of anilines is 1. The first-order chi connectivity index (χ1) is 15.5. The van der Waals surface area contributed by atoms with E-state index in [2.05, 4.69) is 5.32 Å². The van der Waals surface area contributed by atoms with Crippen molar-refractivity contribution in [2.45, 2.75) is 45.1 Å². The highest BCUT2D eigenvalue weighted by molar-refractivity contribution is 6.11. The van der Waals surface area contributed by atoms with E-state index in [1.807, 2.05) is 19.1 Å². The Balaban J connectivity index is 1.73. The molecule has 6 heteroatoms. The quantitative estimate of drug-likeness (QED) is 0.498. The number of rotatable bonds is 8. The zero-order valence-electron chi connectivity index (χ0n) is 18.7. The van der Waals surface area contributed by atoms with Gasteiger partial charge >= 0.3 is 0 Å². The largest absolute Gasteiger partial charge is 0.497 e. The van der Waals surface area contributed by atoms with E-state index in [4.69, 9.17) is 4.74 Å². The number of carbonyl (C=O) groups is 3. The number of hydrogen-bond donors (Lipinski definition) is 1. The first-order valence-corrected chi connectivity index (χ1v) is 11.0. The summed E-state index contributed by atoms with van der Waals surface area (Å²) in [6.45, 7) is 1.82.